The molecule has 3 nitrogen and oxygen atoms in total. The molecule has 0 bridgehead atoms. The van der Waals surface area contributed by atoms with Crippen LogP contribution in [0.5, 0.6) is 0 Å². The van der Waals surface area contributed by atoms with Crippen molar-refractivity contribution >= 4 is 11.6 Å². The number of carbonyl (C=O) groups excluding carboxylic acids is 1. The number of hydrogen-bond acceptors (Lipinski definition) is 2. The van der Waals surface area contributed by atoms with Gasteiger partial charge < -0.3 is 10.6 Å². The second-order valence-corrected chi connectivity index (χ2v) is 7.38. The summed E-state index contributed by atoms with van der Waals surface area (Å²) in [4.78, 5) is 14.7. The Labute approximate surface area is 128 Å². The molecular formula is C18H28N2O. The van der Waals surface area contributed by atoms with Gasteiger partial charge in [0, 0.05) is 18.8 Å². The van der Waals surface area contributed by atoms with Gasteiger partial charge in [-0.3, -0.25) is 4.79 Å². The molecule has 1 saturated heterocycles. The molecule has 116 valence electrons. The van der Waals surface area contributed by atoms with Crippen LogP contribution < -0.4 is 5.73 Å². The first-order chi connectivity index (χ1) is 9.79. The highest BCUT2D eigenvalue weighted by Crippen LogP contribution is 2.34. The van der Waals surface area contributed by atoms with Crippen LogP contribution >= 0.6 is 0 Å². The van der Waals surface area contributed by atoms with Crippen LogP contribution in [0, 0.1) is 18.3 Å². The molecule has 3 heteroatoms. The number of nitrogens with two attached hydrogens (primary N) is 1. The topological polar surface area (TPSA) is 46.3 Å². The number of amides is 1. The fourth-order valence-electron chi connectivity index (χ4n) is 3.19. The van der Waals surface area contributed by atoms with Gasteiger partial charge in [-0.25, -0.2) is 0 Å². The minimum atomic E-state index is 0.0887. The van der Waals surface area contributed by atoms with Crippen molar-refractivity contribution in [3.63, 3.8) is 0 Å². The number of aryl methyl sites for hydroxylation is 1. The minimum absolute atomic E-state index is 0.0887. The van der Waals surface area contributed by atoms with E-state index in [1.807, 2.05) is 30.0 Å². The average molecular weight is 288 g/mol. The zero-order valence-electron chi connectivity index (χ0n) is 13.8. The van der Waals surface area contributed by atoms with Crippen molar-refractivity contribution in [1.82, 2.24) is 4.90 Å². The van der Waals surface area contributed by atoms with Crippen LogP contribution in [-0.2, 0) is 0 Å². The van der Waals surface area contributed by atoms with Gasteiger partial charge in [0.2, 0.25) is 0 Å². The van der Waals surface area contributed by atoms with Gasteiger partial charge in [-0.05, 0) is 49.7 Å². The summed E-state index contributed by atoms with van der Waals surface area (Å²) >= 11 is 0. The molecule has 0 spiro atoms. The van der Waals surface area contributed by atoms with E-state index >= 15 is 0 Å². The maximum atomic E-state index is 12.7. The standard InChI is InChI=1S/C18H28N2O/c1-13-7-8-16(19)15(12-13)17(21)20-10-5-6-14(9-11-20)18(2,3)4/h7-8,12,14H,5-6,9-11,19H2,1-4H3. The molecule has 1 unspecified atom stereocenters. The second kappa shape index (κ2) is 6.08. The maximum Gasteiger partial charge on any atom is 0.255 e. The third-order valence-electron chi connectivity index (χ3n) is 4.68. The van der Waals surface area contributed by atoms with E-state index in [0.29, 0.717) is 22.6 Å². The number of rotatable bonds is 1. The van der Waals surface area contributed by atoms with E-state index in [2.05, 4.69) is 20.8 Å². The van der Waals surface area contributed by atoms with E-state index in [4.69, 9.17) is 5.73 Å². The SMILES string of the molecule is Cc1ccc(N)c(C(=O)N2CCCC(C(C)(C)C)CC2)c1. The Morgan fingerprint density at radius 3 is 2.62 bits per heavy atom. The molecule has 2 rings (SSSR count). The van der Waals surface area contributed by atoms with Crippen molar-refractivity contribution in [2.45, 2.75) is 47.0 Å². The van der Waals surface area contributed by atoms with Crippen LogP contribution in [0.2, 0.25) is 0 Å². The first-order valence-corrected chi connectivity index (χ1v) is 7.94. The van der Waals surface area contributed by atoms with Crippen molar-refractivity contribution in [3.8, 4) is 0 Å². The molecule has 1 fully saturated rings. The molecule has 0 saturated carbocycles. The monoisotopic (exact) mass is 288 g/mol. The second-order valence-electron chi connectivity index (χ2n) is 7.38. The summed E-state index contributed by atoms with van der Waals surface area (Å²) in [7, 11) is 0. The normalized spacial score (nSPS) is 20.2. The highest BCUT2D eigenvalue weighted by Gasteiger charge is 2.29. The van der Waals surface area contributed by atoms with Crippen molar-refractivity contribution in [2.24, 2.45) is 11.3 Å². The Morgan fingerprint density at radius 1 is 1.24 bits per heavy atom. The largest absolute Gasteiger partial charge is 0.398 e. The Hall–Kier alpha value is -1.51. The lowest BCUT2D eigenvalue weighted by molar-refractivity contribution is 0.0756. The van der Waals surface area contributed by atoms with Crippen LogP contribution in [-0.4, -0.2) is 23.9 Å². The van der Waals surface area contributed by atoms with Gasteiger partial charge in [-0.2, -0.15) is 0 Å². The summed E-state index contributed by atoms with van der Waals surface area (Å²) in [6, 6.07) is 5.69. The number of likely N-dealkylation sites (tertiary alicyclic amines) is 1. The van der Waals surface area contributed by atoms with Gasteiger partial charge in [0.05, 0.1) is 5.56 Å². The minimum Gasteiger partial charge on any atom is -0.398 e. The average Bonchev–Trinajstić information content (AvgIpc) is 2.66. The Kier molecular flexibility index (Phi) is 4.60. The number of nitrogens with zero attached hydrogens (tertiary/aromatic N) is 1. The number of carbonyl (C=O) groups is 1. The van der Waals surface area contributed by atoms with Gasteiger partial charge in [-0.1, -0.05) is 32.4 Å². The lowest BCUT2D eigenvalue weighted by Crippen LogP contribution is -2.33. The van der Waals surface area contributed by atoms with E-state index < -0.39 is 0 Å². The molecule has 1 aliphatic heterocycles. The third-order valence-corrected chi connectivity index (χ3v) is 4.68. The quantitative estimate of drug-likeness (QED) is 0.797. The molecule has 0 radical (unpaired) electrons. The fourth-order valence-corrected chi connectivity index (χ4v) is 3.19. The zero-order valence-corrected chi connectivity index (χ0v) is 13.8. The molecule has 2 N–H and O–H groups in total. The highest BCUT2D eigenvalue weighted by molar-refractivity contribution is 5.99. The summed E-state index contributed by atoms with van der Waals surface area (Å²) in [5.41, 5.74) is 8.63. The summed E-state index contributed by atoms with van der Waals surface area (Å²) in [6.07, 6.45) is 3.37. The highest BCUT2D eigenvalue weighted by atomic mass is 16.2. The van der Waals surface area contributed by atoms with Crippen molar-refractivity contribution < 1.29 is 4.79 Å². The van der Waals surface area contributed by atoms with Gasteiger partial charge >= 0.3 is 0 Å². The molecular weight excluding hydrogens is 260 g/mol. The molecule has 1 heterocycles. The molecule has 1 atom stereocenters. The van der Waals surface area contributed by atoms with Crippen LogP contribution in [0.15, 0.2) is 18.2 Å². The van der Waals surface area contributed by atoms with E-state index in [1.54, 1.807) is 0 Å². The molecule has 1 aromatic carbocycles. The molecule has 0 aliphatic carbocycles. The van der Waals surface area contributed by atoms with E-state index in [-0.39, 0.29) is 5.91 Å². The van der Waals surface area contributed by atoms with Gasteiger partial charge in [0.1, 0.15) is 0 Å². The summed E-state index contributed by atoms with van der Waals surface area (Å²) < 4.78 is 0. The summed E-state index contributed by atoms with van der Waals surface area (Å²) in [5.74, 6) is 0.774. The Balaban J connectivity index is 2.12. The van der Waals surface area contributed by atoms with E-state index in [1.165, 1.54) is 6.42 Å². The van der Waals surface area contributed by atoms with Gasteiger partial charge in [0.15, 0.2) is 0 Å². The number of anilines is 1. The van der Waals surface area contributed by atoms with Crippen molar-refractivity contribution in [1.29, 1.82) is 0 Å². The first kappa shape index (κ1) is 15.9. The zero-order chi connectivity index (χ0) is 15.6. The van der Waals surface area contributed by atoms with Crippen molar-refractivity contribution in [3.05, 3.63) is 29.3 Å². The van der Waals surface area contributed by atoms with E-state index in [0.717, 1.165) is 31.5 Å². The maximum absolute atomic E-state index is 12.7. The van der Waals surface area contributed by atoms with Crippen LogP contribution in [0.3, 0.4) is 0 Å². The lowest BCUT2D eigenvalue weighted by atomic mass is 9.77. The Morgan fingerprint density at radius 2 is 1.95 bits per heavy atom. The molecule has 1 aliphatic rings. The Bertz CT molecular complexity index is 516. The number of benzene rings is 1. The number of hydrogen-bond donors (Lipinski definition) is 1. The van der Waals surface area contributed by atoms with Crippen LogP contribution in [0.25, 0.3) is 0 Å². The van der Waals surface area contributed by atoms with Crippen LogP contribution in [0.4, 0.5) is 5.69 Å². The van der Waals surface area contributed by atoms with Crippen LogP contribution in [0.1, 0.15) is 56.0 Å². The van der Waals surface area contributed by atoms with Crippen molar-refractivity contribution in [2.75, 3.05) is 18.8 Å². The number of nitrogen functional groups attached to an aromatic ring is 1. The van der Waals surface area contributed by atoms with Gasteiger partial charge in [-0.15, -0.1) is 0 Å². The fraction of sp³-hybridized carbons (Fsp3) is 0.611. The summed E-state index contributed by atoms with van der Waals surface area (Å²) in [5, 5.41) is 0. The predicted molar refractivity (Wildman–Crippen MR) is 88.3 cm³/mol. The lowest BCUT2D eigenvalue weighted by Gasteiger charge is -2.29. The smallest absolute Gasteiger partial charge is 0.255 e. The summed E-state index contributed by atoms with van der Waals surface area (Å²) in [6.45, 7) is 10.6. The molecule has 1 aromatic rings. The van der Waals surface area contributed by atoms with E-state index in [9.17, 15) is 4.79 Å². The third kappa shape index (κ3) is 3.78. The predicted octanol–water partition coefficient (Wildman–Crippen LogP) is 3.87. The molecule has 0 aromatic heterocycles. The molecule has 21 heavy (non-hydrogen) atoms. The van der Waals surface area contributed by atoms with Gasteiger partial charge in [0.25, 0.3) is 5.91 Å². The molecule has 1 amide bonds. The first-order valence-electron chi connectivity index (χ1n) is 7.94.